The molecule has 3 aromatic rings. The lowest BCUT2D eigenvalue weighted by molar-refractivity contribution is -0.123. The molecular weight excluding hydrogens is 416 g/mol. The Morgan fingerprint density at radius 2 is 1.82 bits per heavy atom. The summed E-state index contributed by atoms with van der Waals surface area (Å²) in [5.41, 5.74) is 10.3. The van der Waals surface area contributed by atoms with Crippen LogP contribution < -0.4 is 5.73 Å². The van der Waals surface area contributed by atoms with Gasteiger partial charge in [0.25, 0.3) is 5.91 Å². The summed E-state index contributed by atoms with van der Waals surface area (Å²) in [4.78, 5) is 33.3. The molecule has 1 aromatic carbocycles. The lowest BCUT2D eigenvalue weighted by Crippen LogP contribution is -2.38. The number of hydrogen-bond donors (Lipinski definition) is 1. The minimum absolute atomic E-state index is 0.0140. The number of nitrogens with two attached hydrogens (primary N) is 1. The van der Waals surface area contributed by atoms with Crippen LogP contribution in [-0.4, -0.2) is 62.4 Å². The number of piperidine rings is 1. The zero-order chi connectivity index (χ0) is 22.9. The number of likely N-dealkylation sites (tertiary alicyclic amines) is 2. The first-order chi connectivity index (χ1) is 16.0. The quantitative estimate of drug-likeness (QED) is 0.649. The molecule has 2 fully saturated rings. The molecule has 0 saturated carbocycles. The number of carbonyl (C=O) groups excluding carboxylic acids is 2. The highest BCUT2D eigenvalue weighted by Gasteiger charge is 2.31. The molecular formula is C25H30N6O2. The zero-order valence-corrected chi connectivity index (χ0v) is 19.0. The molecule has 0 unspecified atom stereocenters. The van der Waals surface area contributed by atoms with Crippen LogP contribution in [0.15, 0.2) is 42.6 Å². The van der Waals surface area contributed by atoms with E-state index >= 15 is 0 Å². The van der Waals surface area contributed by atoms with Crippen molar-refractivity contribution >= 4 is 17.5 Å². The fourth-order valence-electron chi connectivity index (χ4n) is 5.16. The van der Waals surface area contributed by atoms with E-state index in [4.69, 9.17) is 10.8 Å². The van der Waals surface area contributed by atoms with Gasteiger partial charge in [0.15, 0.2) is 5.65 Å². The van der Waals surface area contributed by atoms with Crippen molar-refractivity contribution in [2.75, 3.05) is 26.2 Å². The SMILES string of the molecule is Cc1nn2c([C@@H]3CCN(C(=O)c4ccccc4)C3)ccnc2c1CN1CCC(C(N)=O)CC1. The first-order valence-electron chi connectivity index (χ1n) is 11.7. The van der Waals surface area contributed by atoms with E-state index in [-0.39, 0.29) is 23.7 Å². The summed E-state index contributed by atoms with van der Waals surface area (Å²) in [5.74, 6) is 0.103. The average molecular weight is 447 g/mol. The zero-order valence-electron chi connectivity index (χ0n) is 19.0. The van der Waals surface area contributed by atoms with E-state index in [0.29, 0.717) is 6.54 Å². The molecule has 0 bridgehead atoms. The molecule has 33 heavy (non-hydrogen) atoms. The van der Waals surface area contributed by atoms with E-state index in [2.05, 4.69) is 9.88 Å². The van der Waals surface area contributed by atoms with Crippen molar-refractivity contribution in [1.82, 2.24) is 24.4 Å². The second-order valence-electron chi connectivity index (χ2n) is 9.22. The molecule has 2 aromatic heterocycles. The largest absolute Gasteiger partial charge is 0.369 e. The Hall–Kier alpha value is -3.26. The Bertz CT molecular complexity index is 1170. The van der Waals surface area contributed by atoms with Crippen molar-refractivity contribution < 1.29 is 9.59 Å². The topological polar surface area (TPSA) is 96.8 Å². The maximum Gasteiger partial charge on any atom is 0.253 e. The van der Waals surface area contributed by atoms with Crippen molar-refractivity contribution in [2.45, 2.75) is 38.6 Å². The van der Waals surface area contributed by atoms with Crippen LogP contribution in [0.25, 0.3) is 5.65 Å². The molecule has 2 amide bonds. The molecule has 2 saturated heterocycles. The summed E-state index contributed by atoms with van der Waals surface area (Å²) in [6, 6.07) is 11.5. The van der Waals surface area contributed by atoms with Gasteiger partial charge >= 0.3 is 0 Å². The highest BCUT2D eigenvalue weighted by molar-refractivity contribution is 5.94. The van der Waals surface area contributed by atoms with Crippen molar-refractivity contribution in [3.05, 3.63) is 65.1 Å². The summed E-state index contributed by atoms with van der Waals surface area (Å²) in [5, 5.41) is 4.84. The number of nitrogens with zero attached hydrogens (tertiary/aromatic N) is 5. The third-order valence-corrected chi connectivity index (χ3v) is 7.13. The van der Waals surface area contributed by atoms with Crippen LogP contribution in [0.5, 0.6) is 0 Å². The van der Waals surface area contributed by atoms with Crippen LogP contribution in [0.3, 0.4) is 0 Å². The standard InChI is InChI=1S/C25H30N6O2/c1-17-21(16-29-12-8-18(9-13-29)23(26)32)24-27-11-7-22(31(24)28-17)20-10-14-30(15-20)25(33)19-5-3-2-4-6-19/h2-7,11,18,20H,8-10,12-16H2,1H3,(H2,26,32)/t20-/m1/s1. The van der Waals surface area contributed by atoms with Gasteiger partial charge in [0, 0.05) is 48.8 Å². The van der Waals surface area contributed by atoms with Crippen molar-refractivity contribution in [3.63, 3.8) is 0 Å². The fourth-order valence-corrected chi connectivity index (χ4v) is 5.16. The smallest absolute Gasteiger partial charge is 0.253 e. The number of aromatic nitrogens is 3. The summed E-state index contributed by atoms with van der Waals surface area (Å²) in [7, 11) is 0. The van der Waals surface area contributed by atoms with E-state index in [9.17, 15) is 9.59 Å². The van der Waals surface area contributed by atoms with Gasteiger partial charge in [0.1, 0.15) is 0 Å². The monoisotopic (exact) mass is 446 g/mol. The Morgan fingerprint density at radius 1 is 1.06 bits per heavy atom. The van der Waals surface area contributed by atoms with Gasteiger partial charge in [-0.25, -0.2) is 9.50 Å². The van der Waals surface area contributed by atoms with E-state index in [0.717, 1.165) is 73.6 Å². The maximum absolute atomic E-state index is 12.9. The predicted molar refractivity (Wildman–Crippen MR) is 125 cm³/mol. The van der Waals surface area contributed by atoms with Gasteiger partial charge in [0.05, 0.1) is 11.4 Å². The number of fused-ring (bicyclic) bond motifs is 1. The summed E-state index contributed by atoms with van der Waals surface area (Å²) >= 11 is 0. The number of rotatable bonds is 5. The summed E-state index contributed by atoms with van der Waals surface area (Å²) < 4.78 is 1.97. The van der Waals surface area contributed by atoms with Gasteiger partial charge in [0.2, 0.25) is 5.91 Å². The van der Waals surface area contributed by atoms with E-state index < -0.39 is 0 Å². The average Bonchev–Trinajstić information content (AvgIpc) is 3.44. The second kappa shape index (κ2) is 8.94. The van der Waals surface area contributed by atoms with E-state index in [1.54, 1.807) is 0 Å². The molecule has 1 atom stereocenters. The van der Waals surface area contributed by atoms with Crippen LogP contribution in [0.1, 0.15) is 52.5 Å². The number of hydrogen-bond acceptors (Lipinski definition) is 5. The number of carbonyl (C=O) groups is 2. The Balaban J connectivity index is 1.33. The Kier molecular flexibility index (Phi) is 5.85. The minimum atomic E-state index is -0.190. The normalized spacial score (nSPS) is 19.9. The van der Waals surface area contributed by atoms with Gasteiger partial charge < -0.3 is 10.6 Å². The molecule has 5 rings (SSSR count). The lowest BCUT2D eigenvalue weighted by Gasteiger charge is -2.30. The van der Waals surface area contributed by atoms with Crippen LogP contribution in [-0.2, 0) is 11.3 Å². The number of benzene rings is 1. The van der Waals surface area contributed by atoms with Gasteiger partial charge in [-0.15, -0.1) is 0 Å². The summed E-state index contributed by atoms with van der Waals surface area (Å²) in [6.45, 7) is 5.92. The van der Waals surface area contributed by atoms with Crippen molar-refractivity contribution in [1.29, 1.82) is 0 Å². The van der Waals surface area contributed by atoms with E-state index in [1.165, 1.54) is 0 Å². The highest BCUT2D eigenvalue weighted by Crippen LogP contribution is 2.30. The van der Waals surface area contributed by atoms with Gasteiger partial charge in [-0.2, -0.15) is 5.10 Å². The predicted octanol–water partition coefficient (Wildman–Crippen LogP) is 2.36. The third-order valence-electron chi connectivity index (χ3n) is 7.13. The van der Waals surface area contributed by atoms with Crippen molar-refractivity contribution in [2.24, 2.45) is 11.7 Å². The van der Waals surface area contributed by atoms with Crippen LogP contribution in [0.2, 0.25) is 0 Å². The molecule has 172 valence electrons. The second-order valence-corrected chi connectivity index (χ2v) is 9.22. The third kappa shape index (κ3) is 4.23. The van der Waals surface area contributed by atoms with Gasteiger partial charge in [-0.1, -0.05) is 18.2 Å². The minimum Gasteiger partial charge on any atom is -0.369 e. The van der Waals surface area contributed by atoms with Crippen LogP contribution in [0.4, 0.5) is 0 Å². The molecule has 4 heterocycles. The number of primary amides is 1. The first kappa shape index (κ1) is 21.6. The van der Waals surface area contributed by atoms with Crippen LogP contribution >= 0.6 is 0 Å². The molecule has 0 radical (unpaired) electrons. The fraction of sp³-hybridized carbons (Fsp3) is 0.440. The van der Waals surface area contributed by atoms with Gasteiger partial charge in [-0.3, -0.25) is 14.5 Å². The summed E-state index contributed by atoms with van der Waals surface area (Å²) in [6.07, 6.45) is 4.38. The number of amides is 2. The van der Waals surface area contributed by atoms with E-state index in [1.807, 2.05) is 58.9 Å². The first-order valence-corrected chi connectivity index (χ1v) is 11.7. The van der Waals surface area contributed by atoms with Crippen LogP contribution in [0, 0.1) is 12.8 Å². The molecule has 2 N–H and O–H groups in total. The Labute approximate surface area is 193 Å². The molecule has 8 nitrogen and oxygen atoms in total. The Morgan fingerprint density at radius 3 is 2.55 bits per heavy atom. The van der Waals surface area contributed by atoms with Crippen molar-refractivity contribution in [3.8, 4) is 0 Å². The molecule has 2 aliphatic heterocycles. The van der Waals surface area contributed by atoms with Gasteiger partial charge in [-0.05, 0) is 57.5 Å². The number of aryl methyl sites for hydroxylation is 1. The lowest BCUT2D eigenvalue weighted by atomic mass is 9.96. The molecule has 0 aliphatic carbocycles. The molecule has 2 aliphatic rings. The molecule has 8 heteroatoms. The maximum atomic E-state index is 12.9. The highest BCUT2D eigenvalue weighted by atomic mass is 16.2. The molecule has 0 spiro atoms.